The van der Waals surface area contributed by atoms with Crippen LogP contribution in [0.5, 0.6) is 11.5 Å². The lowest BCUT2D eigenvalue weighted by atomic mass is 10.0. The third kappa shape index (κ3) is 3.33. The van der Waals surface area contributed by atoms with Crippen molar-refractivity contribution in [1.29, 1.82) is 0 Å². The third-order valence-electron chi connectivity index (χ3n) is 2.81. The van der Waals surface area contributed by atoms with Crippen LogP contribution in [0.2, 0.25) is 0 Å². The van der Waals surface area contributed by atoms with E-state index in [-0.39, 0.29) is 5.78 Å². The van der Waals surface area contributed by atoms with Gasteiger partial charge in [-0.15, -0.1) is 0 Å². The maximum Gasteiger partial charge on any atom is 0.193 e. The van der Waals surface area contributed by atoms with Crippen LogP contribution in [0.1, 0.15) is 15.9 Å². The van der Waals surface area contributed by atoms with Crippen LogP contribution in [0.15, 0.2) is 48.5 Å². The Morgan fingerprint density at radius 2 is 1.80 bits per heavy atom. The molecule has 0 heterocycles. The molecular formula is C16H16O3S. The first-order valence-corrected chi connectivity index (χ1v) is 6.91. The molecule has 2 aromatic carbocycles. The molecule has 0 atom stereocenters. The van der Waals surface area contributed by atoms with Crippen LogP contribution >= 0.6 is 12.6 Å². The highest BCUT2D eigenvalue weighted by Crippen LogP contribution is 2.29. The number of hydrogen-bond acceptors (Lipinski definition) is 4. The van der Waals surface area contributed by atoms with Crippen molar-refractivity contribution < 1.29 is 14.3 Å². The van der Waals surface area contributed by atoms with Crippen molar-refractivity contribution in [3.63, 3.8) is 0 Å². The summed E-state index contributed by atoms with van der Waals surface area (Å²) in [5, 5.41) is 0. The van der Waals surface area contributed by atoms with E-state index >= 15 is 0 Å². The predicted octanol–water partition coefficient (Wildman–Crippen LogP) is 3.23. The fourth-order valence-corrected chi connectivity index (χ4v) is 1.93. The molecule has 0 fully saturated rings. The second kappa shape index (κ2) is 7.01. The molecule has 4 heteroatoms. The highest BCUT2D eigenvalue weighted by molar-refractivity contribution is 7.80. The molecule has 0 spiro atoms. The number of carbonyl (C=O) groups excluding carboxylic acids is 1. The monoisotopic (exact) mass is 288 g/mol. The van der Waals surface area contributed by atoms with Crippen LogP contribution in [-0.2, 0) is 0 Å². The van der Waals surface area contributed by atoms with Gasteiger partial charge in [0.05, 0.1) is 13.7 Å². The Kier molecular flexibility index (Phi) is 5.07. The summed E-state index contributed by atoms with van der Waals surface area (Å²) >= 11 is 4.10. The van der Waals surface area contributed by atoms with E-state index in [0.717, 1.165) is 0 Å². The average molecular weight is 288 g/mol. The number of rotatable bonds is 6. The van der Waals surface area contributed by atoms with Gasteiger partial charge in [-0.1, -0.05) is 30.3 Å². The summed E-state index contributed by atoms with van der Waals surface area (Å²) in [7, 11) is 1.56. The van der Waals surface area contributed by atoms with Crippen molar-refractivity contribution in [2.75, 3.05) is 19.5 Å². The zero-order chi connectivity index (χ0) is 14.4. The van der Waals surface area contributed by atoms with Gasteiger partial charge < -0.3 is 9.47 Å². The molecular weight excluding hydrogens is 272 g/mol. The smallest absolute Gasteiger partial charge is 0.193 e. The average Bonchev–Trinajstić information content (AvgIpc) is 2.52. The lowest BCUT2D eigenvalue weighted by molar-refractivity contribution is 0.103. The fraction of sp³-hybridized carbons (Fsp3) is 0.188. The third-order valence-corrected chi connectivity index (χ3v) is 2.99. The molecule has 0 aliphatic rings. The Hall–Kier alpha value is -1.94. The molecule has 0 bridgehead atoms. The molecule has 0 saturated carbocycles. The summed E-state index contributed by atoms with van der Waals surface area (Å²) in [5.74, 6) is 1.75. The molecule has 2 aromatic rings. The lowest BCUT2D eigenvalue weighted by Crippen LogP contribution is -2.04. The molecule has 0 aliphatic carbocycles. The van der Waals surface area contributed by atoms with Crippen LogP contribution in [0.25, 0.3) is 0 Å². The molecule has 0 N–H and O–H groups in total. The van der Waals surface area contributed by atoms with Gasteiger partial charge >= 0.3 is 0 Å². The highest BCUT2D eigenvalue weighted by atomic mass is 32.1. The van der Waals surface area contributed by atoms with Crippen molar-refractivity contribution in [3.05, 3.63) is 59.7 Å². The molecule has 0 saturated heterocycles. The van der Waals surface area contributed by atoms with E-state index in [9.17, 15) is 4.79 Å². The minimum Gasteiger partial charge on any atom is -0.493 e. The van der Waals surface area contributed by atoms with Crippen molar-refractivity contribution in [1.82, 2.24) is 0 Å². The van der Waals surface area contributed by atoms with Gasteiger partial charge in [0.25, 0.3) is 0 Å². The largest absolute Gasteiger partial charge is 0.493 e. The molecule has 0 amide bonds. The van der Waals surface area contributed by atoms with Crippen LogP contribution in [0.3, 0.4) is 0 Å². The number of benzene rings is 2. The van der Waals surface area contributed by atoms with Gasteiger partial charge in [0.2, 0.25) is 0 Å². The molecule has 0 aliphatic heterocycles. The maximum absolute atomic E-state index is 12.3. The lowest BCUT2D eigenvalue weighted by Gasteiger charge is -2.11. The minimum atomic E-state index is -0.0374. The van der Waals surface area contributed by atoms with Crippen molar-refractivity contribution >= 4 is 18.4 Å². The van der Waals surface area contributed by atoms with Crippen LogP contribution in [-0.4, -0.2) is 25.3 Å². The van der Waals surface area contributed by atoms with Gasteiger partial charge in [0.1, 0.15) is 0 Å². The summed E-state index contributed by atoms with van der Waals surface area (Å²) in [6, 6.07) is 14.3. The number of hydrogen-bond donors (Lipinski definition) is 1. The second-order valence-electron chi connectivity index (χ2n) is 4.13. The van der Waals surface area contributed by atoms with E-state index < -0.39 is 0 Å². The van der Waals surface area contributed by atoms with Crippen molar-refractivity contribution in [3.8, 4) is 11.5 Å². The number of thiol groups is 1. The second-order valence-corrected chi connectivity index (χ2v) is 4.58. The van der Waals surface area contributed by atoms with Crippen LogP contribution in [0.4, 0.5) is 0 Å². The standard InChI is InChI=1S/C16H16O3S/c1-18-15-11-13(7-8-14(15)19-9-10-20)16(17)12-5-3-2-4-6-12/h2-8,11,20H,9-10H2,1H3. The molecule has 0 aromatic heterocycles. The van der Waals surface area contributed by atoms with E-state index in [1.807, 2.05) is 18.2 Å². The van der Waals surface area contributed by atoms with Gasteiger partial charge in [0, 0.05) is 16.9 Å². The van der Waals surface area contributed by atoms with Gasteiger partial charge in [-0.05, 0) is 18.2 Å². The van der Waals surface area contributed by atoms with E-state index in [4.69, 9.17) is 9.47 Å². The first-order valence-electron chi connectivity index (χ1n) is 6.27. The Bertz CT molecular complexity index is 582. The molecule has 3 nitrogen and oxygen atoms in total. The zero-order valence-corrected chi connectivity index (χ0v) is 12.1. The van der Waals surface area contributed by atoms with Crippen molar-refractivity contribution in [2.45, 2.75) is 0 Å². The SMILES string of the molecule is COc1cc(C(=O)c2ccccc2)ccc1OCCS. The molecule has 2 rings (SSSR count). The normalized spacial score (nSPS) is 10.1. The topological polar surface area (TPSA) is 35.5 Å². The summed E-state index contributed by atoms with van der Waals surface area (Å²) in [5.41, 5.74) is 1.23. The van der Waals surface area contributed by atoms with Gasteiger partial charge in [0.15, 0.2) is 17.3 Å². The van der Waals surface area contributed by atoms with Gasteiger partial charge in [-0.2, -0.15) is 12.6 Å². The predicted molar refractivity (Wildman–Crippen MR) is 82.2 cm³/mol. The number of ketones is 1. The summed E-state index contributed by atoms with van der Waals surface area (Å²) in [4.78, 5) is 12.3. The first-order chi connectivity index (χ1) is 9.76. The summed E-state index contributed by atoms with van der Waals surface area (Å²) in [6.45, 7) is 0.492. The highest BCUT2D eigenvalue weighted by Gasteiger charge is 2.12. The Labute approximate surface area is 123 Å². The van der Waals surface area contributed by atoms with Gasteiger partial charge in [-0.3, -0.25) is 4.79 Å². The molecule has 104 valence electrons. The summed E-state index contributed by atoms with van der Waals surface area (Å²) in [6.07, 6.45) is 0. The Morgan fingerprint density at radius 1 is 1.05 bits per heavy atom. The van der Waals surface area contributed by atoms with E-state index in [1.165, 1.54) is 0 Å². The first kappa shape index (κ1) is 14.5. The van der Waals surface area contributed by atoms with Gasteiger partial charge in [-0.25, -0.2) is 0 Å². The van der Waals surface area contributed by atoms with Crippen LogP contribution < -0.4 is 9.47 Å². The maximum atomic E-state index is 12.3. The number of carbonyl (C=O) groups is 1. The Morgan fingerprint density at radius 3 is 2.45 bits per heavy atom. The summed E-state index contributed by atoms with van der Waals surface area (Å²) < 4.78 is 10.8. The Balaban J connectivity index is 2.27. The van der Waals surface area contributed by atoms with E-state index in [0.29, 0.717) is 35.0 Å². The molecule has 0 radical (unpaired) electrons. The van der Waals surface area contributed by atoms with Crippen molar-refractivity contribution in [2.24, 2.45) is 0 Å². The number of ether oxygens (including phenoxy) is 2. The quantitative estimate of drug-likeness (QED) is 0.655. The minimum absolute atomic E-state index is 0.0374. The van der Waals surface area contributed by atoms with Crippen LogP contribution in [0, 0.1) is 0 Å². The van der Waals surface area contributed by atoms with E-state index in [1.54, 1.807) is 37.4 Å². The zero-order valence-electron chi connectivity index (χ0n) is 11.2. The fourth-order valence-electron chi connectivity index (χ4n) is 1.84. The van der Waals surface area contributed by atoms with E-state index in [2.05, 4.69) is 12.6 Å². The molecule has 0 unspecified atom stereocenters. The number of methoxy groups -OCH3 is 1. The molecule has 20 heavy (non-hydrogen) atoms.